The number of rotatable bonds is 5. The largest absolute Gasteiger partial charge is 0.396 e. The molecule has 2 rings (SSSR count). The molecule has 0 radical (unpaired) electrons. The zero-order chi connectivity index (χ0) is 11.8. The van der Waals surface area contributed by atoms with Crippen molar-refractivity contribution in [3.8, 4) is 0 Å². The van der Waals surface area contributed by atoms with Gasteiger partial charge in [0.1, 0.15) is 0 Å². The van der Waals surface area contributed by atoms with E-state index in [2.05, 4.69) is 15.5 Å². The molecule has 16 heavy (non-hydrogen) atoms. The Labute approximate surface area is 95.2 Å². The zero-order valence-electron chi connectivity index (χ0n) is 10.1. The lowest BCUT2D eigenvalue weighted by Crippen LogP contribution is -2.35. The Balaban J connectivity index is 2.08. The topological polar surface area (TPSA) is 67.1 Å². The standard InChI is InChI=1S/C10H19N5O/c1-10(2,7-16)6-14(3)9-11-12-13-15(9)8-4-5-8/h8,16H,4-7H2,1-3H3. The maximum atomic E-state index is 9.25. The highest BCUT2D eigenvalue weighted by atomic mass is 16.3. The van der Waals surface area contributed by atoms with Crippen molar-refractivity contribution in [2.24, 2.45) is 5.41 Å². The van der Waals surface area contributed by atoms with Crippen molar-refractivity contribution in [1.82, 2.24) is 20.2 Å². The van der Waals surface area contributed by atoms with Crippen LogP contribution in [0.1, 0.15) is 32.7 Å². The number of aliphatic hydroxyl groups is 1. The van der Waals surface area contributed by atoms with Crippen LogP contribution in [0.15, 0.2) is 0 Å². The minimum absolute atomic E-state index is 0.144. The monoisotopic (exact) mass is 225 g/mol. The summed E-state index contributed by atoms with van der Waals surface area (Å²) in [4.78, 5) is 2.01. The van der Waals surface area contributed by atoms with Crippen molar-refractivity contribution in [1.29, 1.82) is 0 Å². The first-order chi connectivity index (χ1) is 7.53. The fraction of sp³-hybridized carbons (Fsp3) is 0.900. The maximum Gasteiger partial charge on any atom is 0.245 e. The molecule has 0 unspecified atom stereocenters. The lowest BCUT2D eigenvalue weighted by atomic mass is 9.94. The van der Waals surface area contributed by atoms with Gasteiger partial charge in [0.15, 0.2) is 0 Å². The summed E-state index contributed by atoms with van der Waals surface area (Å²) in [5.41, 5.74) is -0.144. The minimum atomic E-state index is -0.144. The van der Waals surface area contributed by atoms with Crippen molar-refractivity contribution in [2.45, 2.75) is 32.7 Å². The van der Waals surface area contributed by atoms with Crippen LogP contribution in [-0.2, 0) is 0 Å². The third-order valence-corrected chi connectivity index (χ3v) is 2.80. The number of nitrogens with zero attached hydrogens (tertiary/aromatic N) is 5. The van der Waals surface area contributed by atoms with Crippen LogP contribution in [0.3, 0.4) is 0 Å². The van der Waals surface area contributed by atoms with E-state index in [1.807, 2.05) is 30.5 Å². The third-order valence-electron chi connectivity index (χ3n) is 2.80. The van der Waals surface area contributed by atoms with E-state index in [-0.39, 0.29) is 12.0 Å². The van der Waals surface area contributed by atoms with Crippen LogP contribution in [0.5, 0.6) is 0 Å². The van der Waals surface area contributed by atoms with Crippen molar-refractivity contribution in [3.63, 3.8) is 0 Å². The molecule has 0 aliphatic heterocycles. The molecule has 1 aliphatic carbocycles. The Morgan fingerprint density at radius 3 is 2.75 bits per heavy atom. The van der Waals surface area contributed by atoms with Crippen LogP contribution in [0.4, 0.5) is 5.95 Å². The number of hydrogen-bond acceptors (Lipinski definition) is 5. The molecule has 1 N–H and O–H groups in total. The average Bonchev–Trinajstić information content (AvgIpc) is 2.95. The van der Waals surface area contributed by atoms with Gasteiger partial charge in [-0.15, -0.1) is 0 Å². The first-order valence-electron chi connectivity index (χ1n) is 5.63. The van der Waals surface area contributed by atoms with E-state index >= 15 is 0 Å². The van der Waals surface area contributed by atoms with E-state index in [0.29, 0.717) is 6.04 Å². The van der Waals surface area contributed by atoms with Gasteiger partial charge in [0, 0.05) is 25.6 Å². The second-order valence-electron chi connectivity index (χ2n) is 5.33. The van der Waals surface area contributed by atoms with Crippen LogP contribution in [0, 0.1) is 5.41 Å². The molecule has 0 aromatic carbocycles. The molecule has 1 aromatic heterocycles. The molecule has 0 atom stereocenters. The summed E-state index contributed by atoms with van der Waals surface area (Å²) in [5, 5.41) is 21.0. The molecule has 0 spiro atoms. The van der Waals surface area contributed by atoms with E-state index in [1.165, 1.54) is 0 Å². The first-order valence-corrected chi connectivity index (χ1v) is 5.63. The van der Waals surface area contributed by atoms with Crippen molar-refractivity contribution in [3.05, 3.63) is 0 Å². The van der Waals surface area contributed by atoms with Crippen molar-refractivity contribution < 1.29 is 5.11 Å². The molecule has 0 saturated heterocycles. The van der Waals surface area contributed by atoms with Gasteiger partial charge in [0.2, 0.25) is 5.95 Å². The van der Waals surface area contributed by atoms with Crippen LogP contribution in [0.25, 0.3) is 0 Å². The minimum Gasteiger partial charge on any atom is -0.396 e. The summed E-state index contributed by atoms with van der Waals surface area (Å²) in [6.07, 6.45) is 2.32. The Hall–Kier alpha value is -1.17. The third kappa shape index (κ3) is 2.32. The summed E-state index contributed by atoms with van der Waals surface area (Å²) in [6.45, 7) is 4.93. The Morgan fingerprint density at radius 2 is 2.19 bits per heavy atom. The SMILES string of the molecule is CN(CC(C)(C)CO)c1nnnn1C1CC1. The second kappa shape index (κ2) is 4.01. The van der Waals surface area contributed by atoms with E-state index in [9.17, 15) is 5.11 Å². The number of aliphatic hydroxyl groups excluding tert-OH is 1. The van der Waals surface area contributed by atoms with E-state index in [0.717, 1.165) is 25.3 Å². The number of aromatic nitrogens is 4. The number of tetrazole rings is 1. The number of hydrogen-bond donors (Lipinski definition) is 1. The Morgan fingerprint density at radius 1 is 1.50 bits per heavy atom. The van der Waals surface area contributed by atoms with E-state index < -0.39 is 0 Å². The summed E-state index contributed by atoms with van der Waals surface area (Å²) >= 11 is 0. The van der Waals surface area contributed by atoms with Gasteiger partial charge in [-0.25, -0.2) is 4.68 Å². The highest BCUT2D eigenvalue weighted by Crippen LogP contribution is 2.36. The molecule has 1 aromatic rings. The maximum absolute atomic E-state index is 9.25. The van der Waals surface area contributed by atoms with Gasteiger partial charge < -0.3 is 10.0 Å². The summed E-state index contributed by atoms with van der Waals surface area (Å²) in [6, 6.07) is 0.477. The van der Waals surface area contributed by atoms with Crippen LogP contribution in [0.2, 0.25) is 0 Å². The molecule has 0 bridgehead atoms. The fourth-order valence-corrected chi connectivity index (χ4v) is 1.76. The molecule has 6 heteroatoms. The zero-order valence-corrected chi connectivity index (χ0v) is 10.1. The predicted molar refractivity (Wildman–Crippen MR) is 60.2 cm³/mol. The van der Waals surface area contributed by atoms with Gasteiger partial charge >= 0.3 is 0 Å². The predicted octanol–water partition coefficient (Wildman–Crippen LogP) is 0.463. The smallest absolute Gasteiger partial charge is 0.245 e. The van der Waals surface area contributed by atoms with Crippen LogP contribution < -0.4 is 4.90 Å². The summed E-state index contributed by atoms with van der Waals surface area (Å²) in [5.74, 6) is 0.795. The Kier molecular flexibility index (Phi) is 2.84. The lowest BCUT2D eigenvalue weighted by Gasteiger charge is -2.28. The van der Waals surface area contributed by atoms with Gasteiger partial charge in [-0.3, -0.25) is 0 Å². The Bertz CT molecular complexity index is 358. The van der Waals surface area contributed by atoms with E-state index in [4.69, 9.17) is 0 Å². The van der Waals surface area contributed by atoms with Gasteiger partial charge in [0.25, 0.3) is 0 Å². The van der Waals surface area contributed by atoms with Gasteiger partial charge in [-0.05, 0) is 23.3 Å². The molecule has 1 heterocycles. The summed E-state index contributed by atoms with van der Waals surface area (Å²) < 4.78 is 1.88. The lowest BCUT2D eigenvalue weighted by molar-refractivity contribution is 0.165. The first kappa shape index (κ1) is 11.3. The molecule has 0 amide bonds. The van der Waals surface area contributed by atoms with Crippen molar-refractivity contribution >= 4 is 5.95 Å². The second-order valence-corrected chi connectivity index (χ2v) is 5.33. The van der Waals surface area contributed by atoms with Crippen LogP contribution in [-0.4, -0.2) is 45.5 Å². The highest BCUT2D eigenvalue weighted by molar-refractivity contribution is 5.28. The highest BCUT2D eigenvalue weighted by Gasteiger charge is 2.30. The number of anilines is 1. The molecule has 1 fully saturated rings. The van der Waals surface area contributed by atoms with Gasteiger partial charge in [-0.1, -0.05) is 18.9 Å². The van der Waals surface area contributed by atoms with Gasteiger partial charge in [-0.2, -0.15) is 0 Å². The normalized spacial score (nSPS) is 16.5. The van der Waals surface area contributed by atoms with Crippen LogP contribution >= 0.6 is 0 Å². The molecule has 90 valence electrons. The molecule has 1 aliphatic rings. The fourth-order valence-electron chi connectivity index (χ4n) is 1.76. The van der Waals surface area contributed by atoms with Crippen molar-refractivity contribution in [2.75, 3.05) is 25.1 Å². The summed E-state index contributed by atoms with van der Waals surface area (Å²) in [7, 11) is 1.96. The average molecular weight is 225 g/mol. The molecular weight excluding hydrogens is 206 g/mol. The van der Waals surface area contributed by atoms with E-state index in [1.54, 1.807) is 0 Å². The molecule has 1 saturated carbocycles. The molecular formula is C10H19N5O. The van der Waals surface area contributed by atoms with Gasteiger partial charge in [0.05, 0.1) is 6.04 Å². The quantitative estimate of drug-likeness (QED) is 0.788. The molecule has 6 nitrogen and oxygen atoms in total.